The highest BCUT2D eigenvalue weighted by atomic mass is 32.2. The van der Waals surface area contributed by atoms with E-state index in [0.29, 0.717) is 23.7 Å². The van der Waals surface area contributed by atoms with Gasteiger partial charge in [-0.3, -0.25) is 9.10 Å². The van der Waals surface area contributed by atoms with Crippen LogP contribution in [0.2, 0.25) is 0 Å². The third-order valence-corrected chi connectivity index (χ3v) is 7.72. The van der Waals surface area contributed by atoms with Gasteiger partial charge in [-0.05, 0) is 69.5 Å². The summed E-state index contributed by atoms with van der Waals surface area (Å²) in [6.07, 6.45) is 0.228. The Hall–Kier alpha value is -2.54. The molecule has 1 amide bonds. The Morgan fingerprint density at radius 1 is 1.14 bits per heavy atom. The van der Waals surface area contributed by atoms with Crippen molar-refractivity contribution in [2.24, 2.45) is 0 Å². The average Bonchev–Trinajstić information content (AvgIpc) is 2.88. The van der Waals surface area contributed by atoms with E-state index in [1.807, 2.05) is 39.0 Å². The third kappa shape index (κ3) is 3.35. The number of carbonyl (C=O) groups excluding carboxylic acids is 1. The fraction of sp³-hybridized carbons (Fsp3) is 0.381. The number of benzene rings is 2. The van der Waals surface area contributed by atoms with Crippen molar-refractivity contribution in [3.05, 3.63) is 53.6 Å². The maximum atomic E-state index is 13.3. The van der Waals surface area contributed by atoms with E-state index in [-0.39, 0.29) is 13.0 Å². The topological polar surface area (TPSA) is 75.7 Å². The van der Waals surface area contributed by atoms with Gasteiger partial charge in [0, 0.05) is 12.2 Å². The van der Waals surface area contributed by atoms with Crippen molar-refractivity contribution in [3.63, 3.8) is 0 Å². The number of sulfonamides is 1. The quantitative estimate of drug-likeness (QED) is 0.828. The zero-order valence-corrected chi connectivity index (χ0v) is 17.5. The molecule has 1 aliphatic heterocycles. The van der Waals surface area contributed by atoms with Crippen molar-refractivity contribution >= 4 is 27.3 Å². The SMILES string of the molecule is CCOc1ccc(NC(=O)C2(C)CCN(c3c(C)cccc3C)S2(=O)=O)cc1. The predicted molar refractivity (Wildman–Crippen MR) is 111 cm³/mol. The highest BCUT2D eigenvalue weighted by Gasteiger charge is 2.55. The first kappa shape index (κ1) is 20.2. The molecule has 0 saturated carbocycles. The lowest BCUT2D eigenvalue weighted by molar-refractivity contribution is -0.118. The average molecular weight is 403 g/mol. The highest BCUT2D eigenvalue weighted by Crippen LogP contribution is 2.40. The monoisotopic (exact) mass is 402 g/mol. The molecule has 150 valence electrons. The lowest BCUT2D eigenvalue weighted by Gasteiger charge is -2.27. The van der Waals surface area contributed by atoms with Crippen molar-refractivity contribution in [3.8, 4) is 5.75 Å². The van der Waals surface area contributed by atoms with E-state index in [4.69, 9.17) is 4.74 Å². The van der Waals surface area contributed by atoms with Crippen LogP contribution in [0.4, 0.5) is 11.4 Å². The second-order valence-corrected chi connectivity index (χ2v) is 9.50. The van der Waals surface area contributed by atoms with Gasteiger partial charge in [0.25, 0.3) is 0 Å². The molecule has 3 rings (SSSR count). The summed E-state index contributed by atoms with van der Waals surface area (Å²) in [6.45, 7) is 7.99. The Kier molecular flexibility index (Phi) is 5.39. The molecule has 2 aromatic rings. The van der Waals surface area contributed by atoms with E-state index in [1.165, 1.54) is 11.2 Å². The van der Waals surface area contributed by atoms with E-state index < -0.39 is 20.7 Å². The molecule has 1 unspecified atom stereocenters. The van der Waals surface area contributed by atoms with Gasteiger partial charge in [0.15, 0.2) is 4.75 Å². The Bertz CT molecular complexity index is 966. The number of amides is 1. The van der Waals surface area contributed by atoms with Crippen molar-refractivity contribution in [2.75, 3.05) is 22.8 Å². The summed E-state index contributed by atoms with van der Waals surface area (Å²) in [4.78, 5) is 13.0. The zero-order valence-electron chi connectivity index (χ0n) is 16.7. The second kappa shape index (κ2) is 7.47. The molecule has 6 nitrogen and oxygen atoms in total. The van der Waals surface area contributed by atoms with Gasteiger partial charge in [0.2, 0.25) is 15.9 Å². The first-order valence-electron chi connectivity index (χ1n) is 9.33. The highest BCUT2D eigenvalue weighted by molar-refractivity contribution is 7.95. The number of rotatable bonds is 5. The number of nitrogens with zero attached hydrogens (tertiary/aromatic N) is 1. The summed E-state index contributed by atoms with van der Waals surface area (Å²) in [6, 6.07) is 12.6. The molecule has 1 fully saturated rings. The third-order valence-electron chi connectivity index (χ3n) is 5.24. The van der Waals surface area contributed by atoms with Gasteiger partial charge < -0.3 is 10.1 Å². The summed E-state index contributed by atoms with van der Waals surface area (Å²) in [7, 11) is -3.86. The number of carbonyl (C=O) groups is 1. The van der Waals surface area contributed by atoms with Crippen LogP contribution in [0.5, 0.6) is 5.75 Å². The van der Waals surface area contributed by atoms with Crippen molar-refractivity contribution in [1.29, 1.82) is 0 Å². The first-order chi connectivity index (χ1) is 13.2. The van der Waals surface area contributed by atoms with Crippen LogP contribution in [-0.4, -0.2) is 32.2 Å². The molecule has 0 bridgehead atoms. The molecular formula is C21H26N2O4S. The van der Waals surface area contributed by atoms with Gasteiger partial charge >= 0.3 is 0 Å². The largest absolute Gasteiger partial charge is 0.494 e. The van der Waals surface area contributed by atoms with Crippen molar-refractivity contribution in [1.82, 2.24) is 0 Å². The van der Waals surface area contributed by atoms with E-state index in [1.54, 1.807) is 24.3 Å². The normalized spacial score (nSPS) is 20.8. The summed E-state index contributed by atoms with van der Waals surface area (Å²) in [5.74, 6) is 0.173. The van der Waals surface area contributed by atoms with Crippen molar-refractivity contribution in [2.45, 2.75) is 38.9 Å². The van der Waals surface area contributed by atoms with Gasteiger partial charge in [0.05, 0.1) is 12.3 Å². The minimum Gasteiger partial charge on any atom is -0.494 e. The number of hydrogen-bond donors (Lipinski definition) is 1. The number of hydrogen-bond acceptors (Lipinski definition) is 4. The van der Waals surface area contributed by atoms with Gasteiger partial charge in [-0.1, -0.05) is 18.2 Å². The van der Waals surface area contributed by atoms with Crippen LogP contribution in [0.15, 0.2) is 42.5 Å². The maximum Gasteiger partial charge on any atom is 0.249 e. The minimum atomic E-state index is -3.86. The van der Waals surface area contributed by atoms with E-state index in [0.717, 1.165) is 11.1 Å². The first-order valence-corrected chi connectivity index (χ1v) is 10.8. The molecule has 0 aromatic heterocycles. The fourth-order valence-electron chi connectivity index (χ4n) is 3.53. The molecule has 1 saturated heterocycles. The summed E-state index contributed by atoms with van der Waals surface area (Å²) in [5, 5.41) is 2.75. The molecular weight excluding hydrogens is 376 g/mol. The molecule has 7 heteroatoms. The molecule has 2 aromatic carbocycles. The zero-order chi connectivity index (χ0) is 20.5. The lowest BCUT2D eigenvalue weighted by Crippen LogP contribution is -2.47. The summed E-state index contributed by atoms with van der Waals surface area (Å²) in [5.41, 5.74) is 2.95. The molecule has 1 aliphatic rings. The number of anilines is 2. The lowest BCUT2D eigenvalue weighted by atomic mass is 10.1. The molecule has 0 radical (unpaired) electrons. The van der Waals surface area contributed by atoms with Crippen LogP contribution in [0, 0.1) is 13.8 Å². The molecule has 28 heavy (non-hydrogen) atoms. The molecule has 1 heterocycles. The maximum absolute atomic E-state index is 13.3. The Morgan fingerprint density at radius 2 is 1.75 bits per heavy atom. The Labute approximate surface area is 166 Å². The van der Waals surface area contributed by atoms with Crippen LogP contribution >= 0.6 is 0 Å². The summed E-state index contributed by atoms with van der Waals surface area (Å²) < 4.78 is 31.9. The minimum absolute atomic E-state index is 0.228. The molecule has 1 N–H and O–H groups in total. The van der Waals surface area contributed by atoms with Crippen LogP contribution in [-0.2, 0) is 14.8 Å². The molecule has 1 atom stereocenters. The van der Waals surface area contributed by atoms with Gasteiger partial charge in [-0.25, -0.2) is 8.42 Å². The number of para-hydroxylation sites is 1. The number of nitrogens with one attached hydrogen (secondary N) is 1. The summed E-state index contributed by atoms with van der Waals surface area (Å²) >= 11 is 0. The van der Waals surface area contributed by atoms with Crippen LogP contribution in [0.25, 0.3) is 0 Å². The molecule has 0 spiro atoms. The van der Waals surface area contributed by atoms with Crippen LogP contribution in [0.1, 0.15) is 31.4 Å². The van der Waals surface area contributed by atoms with Crippen molar-refractivity contribution < 1.29 is 17.9 Å². The standard InChI is InChI=1S/C21H26N2O4S/c1-5-27-18-11-9-17(10-12-18)22-20(24)21(4)13-14-23(28(21,25)26)19-15(2)7-6-8-16(19)3/h6-12H,5,13-14H2,1-4H3,(H,22,24). The van der Waals surface area contributed by atoms with Gasteiger partial charge in [-0.2, -0.15) is 0 Å². The van der Waals surface area contributed by atoms with E-state index in [2.05, 4.69) is 5.32 Å². The van der Waals surface area contributed by atoms with Gasteiger partial charge in [-0.15, -0.1) is 0 Å². The predicted octanol–water partition coefficient (Wildman–Crippen LogP) is 3.64. The molecule has 0 aliphatic carbocycles. The van der Waals surface area contributed by atoms with Crippen LogP contribution in [0.3, 0.4) is 0 Å². The smallest absolute Gasteiger partial charge is 0.249 e. The number of ether oxygens (including phenoxy) is 1. The van der Waals surface area contributed by atoms with E-state index >= 15 is 0 Å². The van der Waals surface area contributed by atoms with Crippen LogP contribution < -0.4 is 14.4 Å². The Balaban J connectivity index is 1.86. The fourth-order valence-corrected chi connectivity index (χ4v) is 5.51. The Morgan fingerprint density at radius 3 is 2.32 bits per heavy atom. The number of aryl methyl sites for hydroxylation is 2. The van der Waals surface area contributed by atoms with E-state index in [9.17, 15) is 13.2 Å². The second-order valence-electron chi connectivity index (χ2n) is 7.21. The van der Waals surface area contributed by atoms with Gasteiger partial charge in [0.1, 0.15) is 5.75 Å².